The Balaban J connectivity index is 2.04. The van der Waals surface area contributed by atoms with Crippen LogP contribution >= 0.6 is 0 Å². The van der Waals surface area contributed by atoms with E-state index in [4.69, 9.17) is 4.74 Å². The topological polar surface area (TPSA) is 72.5 Å². The van der Waals surface area contributed by atoms with Crippen molar-refractivity contribution in [2.24, 2.45) is 0 Å². The first-order valence-corrected chi connectivity index (χ1v) is 9.14. The second-order valence-electron chi connectivity index (χ2n) is 5.69. The number of hydrogen-bond acceptors (Lipinski definition) is 4. The molecule has 0 bridgehead atoms. The Morgan fingerprint density at radius 2 is 1.79 bits per heavy atom. The number of hydrogen-bond donors (Lipinski definition) is 1. The summed E-state index contributed by atoms with van der Waals surface area (Å²) in [6, 6.07) is 13.5. The number of sulfone groups is 1. The number of anilines is 1. The van der Waals surface area contributed by atoms with Crippen LogP contribution in [0.3, 0.4) is 0 Å². The average Bonchev–Trinajstić information content (AvgIpc) is 2.55. The van der Waals surface area contributed by atoms with E-state index in [2.05, 4.69) is 5.32 Å². The van der Waals surface area contributed by atoms with Crippen LogP contribution in [0.15, 0.2) is 53.4 Å². The van der Waals surface area contributed by atoms with Gasteiger partial charge in [-0.25, -0.2) is 8.42 Å². The SMILES string of the molecule is COc1cccc(NC(=O)Cc2ccc(S(=O)(=O)C(C)C)cc2)c1. The lowest BCUT2D eigenvalue weighted by Crippen LogP contribution is -2.15. The van der Waals surface area contributed by atoms with E-state index in [1.807, 2.05) is 0 Å². The lowest BCUT2D eigenvalue weighted by Gasteiger charge is -2.09. The van der Waals surface area contributed by atoms with Gasteiger partial charge in [0.15, 0.2) is 9.84 Å². The number of carbonyl (C=O) groups excluding carboxylic acids is 1. The van der Waals surface area contributed by atoms with E-state index in [0.717, 1.165) is 5.56 Å². The molecule has 128 valence electrons. The summed E-state index contributed by atoms with van der Waals surface area (Å²) in [4.78, 5) is 12.4. The largest absolute Gasteiger partial charge is 0.497 e. The van der Waals surface area contributed by atoms with Crippen LogP contribution in [-0.4, -0.2) is 26.7 Å². The fourth-order valence-corrected chi connectivity index (χ4v) is 3.22. The highest BCUT2D eigenvalue weighted by Crippen LogP contribution is 2.18. The fraction of sp³-hybridized carbons (Fsp3) is 0.278. The van der Waals surface area contributed by atoms with Gasteiger partial charge in [-0.1, -0.05) is 18.2 Å². The minimum Gasteiger partial charge on any atom is -0.497 e. The van der Waals surface area contributed by atoms with Crippen LogP contribution in [0.25, 0.3) is 0 Å². The van der Waals surface area contributed by atoms with E-state index in [1.165, 1.54) is 0 Å². The molecule has 0 saturated heterocycles. The molecule has 0 unspecified atom stereocenters. The minimum absolute atomic E-state index is 0.166. The van der Waals surface area contributed by atoms with Gasteiger partial charge in [-0.05, 0) is 43.7 Å². The molecule has 0 radical (unpaired) electrons. The standard InChI is InChI=1S/C18H21NO4S/c1-13(2)24(21,22)17-9-7-14(8-10-17)11-18(20)19-15-5-4-6-16(12-15)23-3/h4-10,12-13H,11H2,1-3H3,(H,19,20). The number of carbonyl (C=O) groups is 1. The maximum atomic E-state index is 12.1. The third-order valence-electron chi connectivity index (χ3n) is 3.59. The second-order valence-corrected chi connectivity index (χ2v) is 8.20. The maximum Gasteiger partial charge on any atom is 0.228 e. The highest BCUT2D eigenvalue weighted by atomic mass is 32.2. The predicted octanol–water partition coefficient (Wildman–Crippen LogP) is 3.06. The maximum absolute atomic E-state index is 12.1. The van der Waals surface area contributed by atoms with E-state index in [1.54, 1.807) is 69.5 Å². The van der Waals surface area contributed by atoms with E-state index in [9.17, 15) is 13.2 Å². The number of amides is 1. The van der Waals surface area contributed by atoms with Crippen LogP contribution in [0.2, 0.25) is 0 Å². The third-order valence-corrected chi connectivity index (χ3v) is 5.76. The quantitative estimate of drug-likeness (QED) is 0.872. The molecule has 6 heteroatoms. The molecule has 0 aliphatic rings. The molecule has 2 aromatic rings. The van der Waals surface area contributed by atoms with Gasteiger partial charge in [0.1, 0.15) is 5.75 Å². The Hall–Kier alpha value is -2.34. The van der Waals surface area contributed by atoms with Gasteiger partial charge in [-0.15, -0.1) is 0 Å². The monoisotopic (exact) mass is 347 g/mol. The number of benzene rings is 2. The molecule has 24 heavy (non-hydrogen) atoms. The number of ether oxygens (including phenoxy) is 1. The molecule has 0 fully saturated rings. The van der Waals surface area contributed by atoms with E-state index < -0.39 is 15.1 Å². The Morgan fingerprint density at radius 3 is 2.38 bits per heavy atom. The Bertz CT molecular complexity index is 811. The van der Waals surface area contributed by atoms with Gasteiger partial charge in [-0.2, -0.15) is 0 Å². The molecule has 2 aromatic carbocycles. The zero-order chi connectivity index (χ0) is 17.7. The number of rotatable bonds is 6. The molecule has 0 heterocycles. The Labute approximate surface area is 142 Å². The van der Waals surface area contributed by atoms with Crippen molar-refractivity contribution in [3.63, 3.8) is 0 Å². The van der Waals surface area contributed by atoms with Crippen LogP contribution in [-0.2, 0) is 21.1 Å². The van der Waals surface area contributed by atoms with Gasteiger partial charge in [0.05, 0.1) is 23.7 Å². The Morgan fingerprint density at radius 1 is 1.12 bits per heavy atom. The van der Waals surface area contributed by atoms with Gasteiger partial charge >= 0.3 is 0 Å². The molecule has 1 N–H and O–H groups in total. The van der Waals surface area contributed by atoms with Crippen molar-refractivity contribution in [2.75, 3.05) is 12.4 Å². The summed E-state index contributed by atoms with van der Waals surface area (Å²) in [5.74, 6) is 0.485. The van der Waals surface area contributed by atoms with Crippen molar-refractivity contribution < 1.29 is 17.9 Å². The summed E-state index contributed by atoms with van der Waals surface area (Å²) in [5, 5.41) is 2.32. The molecule has 0 atom stereocenters. The van der Waals surface area contributed by atoms with Crippen LogP contribution in [0, 0.1) is 0 Å². The van der Waals surface area contributed by atoms with Crippen molar-refractivity contribution in [1.29, 1.82) is 0 Å². The molecular weight excluding hydrogens is 326 g/mol. The molecular formula is C18H21NO4S. The number of methoxy groups -OCH3 is 1. The second kappa shape index (κ2) is 7.49. The minimum atomic E-state index is -3.29. The summed E-state index contributed by atoms with van der Waals surface area (Å²) in [6.45, 7) is 3.29. The molecule has 0 aliphatic carbocycles. The Kier molecular flexibility index (Phi) is 5.62. The van der Waals surface area contributed by atoms with Gasteiger partial charge < -0.3 is 10.1 Å². The molecule has 0 saturated carbocycles. The van der Waals surface area contributed by atoms with Crippen molar-refractivity contribution in [2.45, 2.75) is 30.4 Å². The molecule has 0 aliphatic heterocycles. The smallest absolute Gasteiger partial charge is 0.228 e. The summed E-state index contributed by atoms with van der Waals surface area (Å²) >= 11 is 0. The van der Waals surface area contributed by atoms with Gasteiger partial charge in [0.25, 0.3) is 0 Å². The van der Waals surface area contributed by atoms with Crippen LogP contribution in [0.5, 0.6) is 5.75 Å². The van der Waals surface area contributed by atoms with Gasteiger partial charge in [0, 0.05) is 11.8 Å². The summed E-state index contributed by atoms with van der Waals surface area (Å²) in [6.07, 6.45) is 0.166. The fourth-order valence-electron chi connectivity index (χ4n) is 2.16. The molecule has 0 aromatic heterocycles. The van der Waals surface area contributed by atoms with Crippen LogP contribution in [0.4, 0.5) is 5.69 Å². The van der Waals surface area contributed by atoms with Crippen LogP contribution < -0.4 is 10.1 Å². The van der Waals surface area contributed by atoms with Gasteiger partial charge in [0.2, 0.25) is 5.91 Å². The highest BCUT2D eigenvalue weighted by Gasteiger charge is 2.18. The summed E-state index contributed by atoms with van der Waals surface area (Å²) < 4.78 is 29.3. The van der Waals surface area contributed by atoms with Gasteiger partial charge in [-0.3, -0.25) is 4.79 Å². The van der Waals surface area contributed by atoms with Crippen molar-refractivity contribution in [1.82, 2.24) is 0 Å². The lowest BCUT2D eigenvalue weighted by molar-refractivity contribution is -0.115. The van der Waals surface area contributed by atoms with E-state index >= 15 is 0 Å². The van der Waals surface area contributed by atoms with Crippen molar-refractivity contribution >= 4 is 21.4 Å². The first-order valence-electron chi connectivity index (χ1n) is 7.59. The summed E-state index contributed by atoms with van der Waals surface area (Å²) in [7, 11) is -1.73. The molecule has 1 amide bonds. The normalized spacial score (nSPS) is 11.3. The molecule has 0 spiro atoms. The highest BCUT2D eigenvalue weighted by molar-refractivity contribution is 7.92. The average molecular weight is 347 g/mol. The number of nitrogens with one attached hydrogen (secondary N) is 1. The zero-order valence-electron chi connectivity index (χ0n) is 13.9. The first kappa shape index (κ1) is 18.0. The molecule has 5 nitrogen and oxygen atoms in total. The third kappa shape index (κ3) is 4.35. The summed E-state index contributed by atoms with van der Waals surface area (Å²) in [5.41, 5.74) is 1.40. The molecule has 2 rings (SSSR count). The van der Waals surface area contributed by atoms with Crippen LogP contribution in [0.1, 0.15) is 19.4 Å². The van der Waals surface area contributed by atoms with Crippen molar-refractivity contribution in [3.8, 4) is 5.75 Å². The van der Waals surface area contributed by atoms with E-state index in [0.29, 0.717) is 11.4 Å². The first-order chi connectivity index (χ1) is 11.3. The predicted molar refractivity (Wildman–Crippen MR) is 94.1 cm³/mol. The lowest BCUT2D eigenvalue weighted by atomic mass is 10.1. The van der Waals surface area contributed by atoms with Crippen molar-refractivity contribution in [3.05, 3.63) is 54.1 Å². The van der Waals surface area contributed by atoms with E-state index in [-0.39, 0.29) is 17.2 Å². The zero-order valence-corrected chi connectivity index (χ0v) is 14.8.